The van der Waals surface area contributed by atoms with E-state index < -0.39 is 0 Å². The van der Waals surface area contributed by atoms with Crippen molar-refractivity contribution in [1.29, 1.82) is 0 Å². The van der Waals surface area contributed by atoms with E-state index in [0.717, 1.165) is 5.92 Å². The Bertz CT molecular complexity index is 164. The molecule has 0 aromatic carbocycles. The molecule has 0 aromatic heterocycles. The molecule has 1 fully saturated rings. The molecular formula is C12H22O. The van der Waals surface area contributed by atoms with E-state index in [2.05, 4.69) is 27.4 Å². The van der Waals surface area contributed by atoms with Gasteiger partial charge in [-0.2, -0.15) is 0 Å². The Labute approximate surface area is 82.2 Å². The van der Waals surface area contributed by atoms with Crippen LogP contribution in [-0.2, 0) is 4.74 Å². The Morgan fingerprint density at radius 2 is 1.77 bits per heavy atom. The van der Waals surface area contributed by atoms with Crippen LogP contribution in [0.4, 0.5) is 0 Å². The SMILES string of the molecule is C=COC(C)(C)C1CCC(C)CC1. The van der Waals surface area contributed by atoms with Gasteiger partial charge in [-0.25, -0.2) is 0 Å². The highest BCUT2D eigenvalue weighted by atomic mass is 16.5. The molecule has 13 heavy (non-hydrogen) atoms. The lowest BCUT2D eigenvalue weighted by molar-refractivity contribution is -0.0178. The molecule has 0 bridgehead atoms. The molecule has 0 saturated heterocycles. The standard InChI is InChI=1S/C12H22O/c1-5-13-12(3,4)11-8-6-10(2)7-9-11/h5,10-11H,1,6-9H2,2-4H3. The van der Waals surface area contributed by atoms with Crippen molar-refractivity contribution in [2.24, 2.45) is 11.8 Å². The van der Waals surface area contributed by atoms with E-state index in [-0.39, 0.29) is 5.60 Å². The molecule has 0 heterocycles. The Kier molecular flexibility index (Phi) is 3.40. The number of rotatable bonds is 3. The first kappa shape index (κ1) is 10.6. The van der Waals surface area contributed by atoms with E-state index in [1.165, 1.54) is 25.7 Å². The molecular weight excluding hydrogens is 160 g/mol. The summed E-state index contributed by atoms with van der Waals surface area (Å²) in [6, 6.07) is 0. The van der Waals surface area contributed by atoms with Gasteiger partial charge in [0.15, 0.2) is 0 Å². The maximum atomic E-state index is 5.57. The van der Waals surface area contributed by atoms with Crippen molar-refractivity contribution in [2.45, 2.75) is 52.1 Å². The average Bonchev–Trinajstić information content (AvgIpc) is 2.05. The molecule has 1 aliphatic carbocycles. The van der Waals surface area contributed by atoms with Crippen molar-refractivity contribution in [3.63, 3.8) is 0 Å². The first-order valence-corrected chi connectivity index (χ1v) is 5.35. The second-order valence-electron chi connectivity index (χ2n) is 4.84. The van der Waals surface area contributed by atoms with Crippen molar-refractivity contribution in [3.05, 3.63) is 12.8 Å². The summed E-state index contributed by atoms with van der Waals surface area (Å²) in [5.74, 6) is 1.62. The molecule has 0 atom stereocenters. The van der Waals surface area contributed by atoms with Gasteiger partial charge >= 0.3 is 0 Å². The highest BCUT2D eigenvalue weighted by Crippen LogP contribution is 2.36. The normalized spacial score (nSPS) is 29.8. The zero-order chi connectivity index (χ0) is 9.90. The molecule has 1 nitrogen and oxygen atoms in total. The topological polar surface area (TPSA) is 9.23 Å². The third-order valence-corrected chi connectivity index (χ3v) is 3.39. The summed E-state index contributed by atoms with van der Waals surface area (Å²) in [5.41, 5.74) is -0.0120. The molecule has 1 saturated carbocycles. The van der Waals surface area contributed by atoms with Crippen LogP contribution in [0.2, 0.25) is 0 Å². The van der Waals surface area contributed by atoms with Crippen LogP contribution in [0.25, 0.3) is 0 Å². The minimum Gasteiger partial charge on any atom is -0.496 e. The smallest absolute Gasteiger partial charge is 0.105 e. The van der Waals surface area contributed by atoms with Gasteiger partial charge in [0.2, 0.25) is 0 Å². The van der Waals surface area contributed by atoms with Crippen LogP contribution in [-0.4, -0.2) is 5.60 Å². The predicted molar refractivity (Wildman–Crippen MR) is 56.5 cm³/mol. The zero-order valence-corrected chi connectivity index (χ0v) is 9.18. The van der Waals surface area contributed by atoms with Gasteiger partial charge in [-0.05, 0) is 38.5 Å². The number of hydrogen-bond acceptors (Lipinski definition) is 1. The lowest BCUT2D eigenvalue weighted by Gasteiger charge is -2.37. The fourth-order valence-corrected chi connectivity index (χ4v) is 2.27. The summed E-state index contributed by atoms with van der Waals surface area (Å²) in [7, 11) is 0. The lowest BCUT2D eigenvalue weighted by atomic mass is 9.75. The monoisotopic (exact) mass is 182 g/mol. The van der Waals surface area contributed by atoms with Crippen LogP contribution in [0.1, 0.15) is 46.5 Å². The van der Waals surface area contributed by atoms with Crippen molar-refractivity contribution in [3.8, 4) is 0 Å². The highest BCUT2D eigenvalue weighted by Gasteiger charge is 2.32. The van der Waals surface area contributed by atoms with E-state index in [9.17, 15) is 0 Å². The van der Waals surface area contributed by atoms with E-state index in [4.69, 9.17) is 4.74 Å². The molecule has 0 spiro atoms. The first-order valence-electron chi connectivity index (χ1n) is 5.35. The maximum Gasteiger partial charge on any atom is 0.105 e. The molecule has 0 N–H and O–H groups in total. The maximum absolute atomic E-state index is 5.57. The summed E-state index contributed by atoms with van der Waals surface area (Å²) >= 11 is 0. The Balaban J connectivity index is 2.47. The highest BCUT2D eigenvalue weighted by molar-refractivity contribution is 4.85. The van der Waals surface area contributed by atoms with Gasteiger partial charge in [0, 0.05) is 0 Å². The number of ether oxygens (including phenoxy) is 1. The lowest BCUT2D eigenvalue weighted by Crippen LogP contribution is -2.35. The largest absolute Gasteiger partial charge is 0.496 e. The molecule has 1 rings (SSSR count). The second kappa shape index (κ2) is 4.17. The summed E-state index contributed by atoms with van der Waals surface area (Å²) in [5, 5.41) is 0. The van der Waals surface area contributed by atoms with Crippen LogP contribution in [0.5, 0.6) is 0 Å². The van der Waals surface area contributed by atoms with Crippen LogP contribution in [0.15, 0.2) is 12.8 Å². The summed E-state index contributed by atoms with van der Waals surface area (Å²) in [4.78, 5) is 0. The molecule has 0 unspecified atom stereocenters. The van der Waals surface area contributed by atoms with Crippen LogP contribution < -0.4 is 0 Å². The van der Waals surface area contributed by atoms with E-state index in [1.54, 1.807) is 6.26 Å². The van der Waals surface area contributed by atoms with E-state index >= 15 is 0 Å². The number of hydrogen-bond donors (Lipinski definition) is 0. The average molecular weight is 182 g/mol. The van der Waals surface area contributed by atoms with Gasteiger partial charge in [0.05, 0.1) is 6.26 Å². The second-order valence-corrected chi connectivity index (χ2v) is 4.84. The van der Waals surface area contributed by atoms with Gasteiger partial charge in [0.25, 0.3) is 0 Å². The molecule has 0 amide bonds. The van der Waals surface area contributed by atoms with Crippen molar-refractivity contribution in [2.75, 3.05) is 0 Å². The molecule has 76 valence electrons. The van der Waals surface area contributed by atoms with Crippen molar-refractivity contribution >= 4 is 0 Å². The summed E-state index contributed by atoms with van der Waals surface area (Å²) in [6.45, 7) is 10.3. The zero-order valence-electron chi connectivity index (χ0n) is 9.18. The fraction of sp³-hybridized carbons (Fsp3) is 0.833. The molecule has 1 aliphatic rings. The summed E-state index contributed by atoms with van der Waals surface area (Å²) < 4.78 is 5.57. The fourth-order valence-electron chi connectivity index (χ4n) is 2.27. The summed E-state index contributed by atoms with van der Waals surface area (Å²) in [6.07, 6.45) is 6.91. The molecule has 0 aliphatic heterocycles. The molecule has 0 aromatic rings. The van der Waals surface area contributed by atoms with Gasteiger partial charge in [-0.15, -0.1) is 0 Å². The third-order valence-electron chi connectivity index (χ3n) is 3.39. The van der Waals surface area contributed by atoms with Gasteiger partial charge in [0.1, 0.15) is 5.60 Å². The Morgan fingerprint density at radius 3 is 2.23 bits per heavy atom. The van der Waals surface area contributed by atoms with Crippen molar-refractivity contribution in [1.82, 2.24) is 0 Å². The van der Waals surface area contributed by atoms with E-state index in [1.807, 2.05) is 0 Å². The quantitative estimate of drug-likeness (QED) is 0.604. The van der Waals surface area contributed by atoms with Crippen LogP contribution in [0.3, 0.4) is 0 Å². The third kappa shape index (κ3) is 2.75. The van der Waals surface area contributed by atoms with Gasteiger partial charge < -0.3 is 4.74 Å². The van der Waals surface area contributed by atoms with E-state index in [0.29, 0.717) is 5.92 Å². The van der Waals surface area contributed by atoms with Crippen molar-refractivity contribution < 1.29 is 4.74 Å². The Hall–Kier alpha value is -0.460. The van der Waals surface area contributed by atoms with Gasteiger partial charge in [-0.3, -0.25) is 0 Å². The van der Waals surface area contributed by atoms with Gasteiger partial charge in [-0.1, -0.05) is 26.3 Å². The minimum atomic E-state index is -0.0120. The molecule has 0 radical (unpaired) electrons. The Morgan fingerprint density at radius 1 is 1.23 bits per heavy atom. The predicted octanol–water partition coefficient (Wildman–Crippen LogP) is 3.75. The van der Waals surface area contributed by atoms with Crippen LogP contribution in [0, 0.1) is 11.8 Å². The first-order chi connectivity index (χ1) is 6.06. The van der Waals surface area contributed by atoms with Crippen LogP contribution >= 0.6 is 0 Å². The molecule has 1 heteroatoms. The minimum absolute atomic E-state index is 0.0120.